The van der Waals surface area contributed by atoms with Crippen molar-refractivity contribution in [3.8, 4) is 0 Å². The summed E-state index contributed by atoms with van der Waals surface area (Å²) in [5.41, 5.74) is 2.63. The van der Waals surface area contributed by atoms with Crippen LogP contribution in [0.2, 0.25) is 0 Å². The quantitative estimate of drug-likeness (QED) is 0.310. The first-order chi connectivity index (χ1) is 11.2. The summed E-state index contributed by atoms with van der Waals surface area (Å²) < 4.78 is 2.00. The van der Waals surface area contributed by atoms with Gasteiger partial charge in [-0.2, -0.15) is 0 Å². The maximum atomic E-state index is 4.37. The molecular formula is C17H27IN6. The fourth-order valence-corrected chi connectivity index (χ4v) is 2.46. The third-order valence-electron chi connectivity index (χ3n) is 3.83. The lowest BCUT2D eigenvalue weighted by atomic mass is 10.1. The van der Waals surface area contributed by atoms with Gasteiger partial charge in [-0.1, -0.05) is 24.3 Å². The Morgan fingerprint density at radius 1 is 1.21 bits per heavy atom. The molecule has 1 aromatic heterocycles. The van der Waals surface area contributed by atoms with Crippen molar-refractivity contribution >= 4 is 29.9 Å². The van der Waals surface area contributed by atoms with Gasteiger partial charge in [-0.15, -0.1) is 34.2 Å². The van der Waals surface area contributed by atoms with Gasteiger partial charge in [-0.05, 0) is 30.9 Å². The highest BCUT2D eigenvalue weighted by Crippen LogP contribution is 2.09. The largest absolute Gasteiger partial charge is 0.356 e. The van der Waals surface area contributed by atoms with Crippen molar-refractivity contribution in [2.75, 3.05) is 20.6 Å². The number of nitrogens with one attached hydrogen (secondary N) is 1. The lowest BCUT2D eigenvalue weighted by molar-refractivity contribution is 0.472. The van der Waals surface area contributed by atoms with E-state index in [1.807, 2.05) is 11.6 Å². The van der Waals surface area contributed by atoms with Crippen molar-refractivity contribution < 1.29 is 0 Å². The third-order valence-corrected chi connectivity index (χ3v) is 3.83. The minimum absolute atomic E-state index is 0. The zero-order chi connectivity index (χ0) is 16.5. The molecule has 0 saturated heterocycles. The molecule has 1 aromatic carbocycles. The molecule has 0 aliphatic carbocycles. The van der Waals surface area contributed by atoms with Crippen molar-refractivity contribution in [3.63, 3.8) is 0 Å². The van der Waals surface area contributed by atoms with Crippen LogP contribution in [0, 0.1) is 6.92 Å². The molecule has 24 heavy (non-hydrogen) atoms. The van der Waals surface area contributed by atoms with Gasteiger partial charge in [0, 0.05) is 33.7 Å². The van der Waals surface area contributed by atoms with Gasteiger partial charge in [0.2, 0.25) is 0 Å². The lowest BCUT2D eigenvalue weighted by Gasteiger charge is -2.23. The Kier molecular flexibility index (Phi) is 9.36. The molecule has 0 aliphatic rings. The van der Waals surface area contributed by atoms with E-state index in [9.17, 15) is 0 Å². The fourth-order valence-electron chi connectivity index (χ4n) is 2.46. The summed E-state index contributed by atoms with van der Waals surface area (Å²) in [7, 11) is 3.90. The van der Waals surface area contributed by atoms with Crippen LogP contribution in [0.3, 0.4) is 0 Å². The van der Waals surface area contributed by atoms with Gasteiger partial charge in [0.1, 0.15) is 12.7 Å². The van der Waals surface area contributed by atoms with Gasteiger partial charge in [0.25, 0.3) is 0 Å². The number of aromatic nitrogens is 3. The molecule has 0 fully saturated rings. The fraction of sp³-hybridized carbons (Fsp3) is 0.471. The van der Waals surface area contributed by atoms with Crippen molar-refractivity contribution in [1.82, 2.24) is 25.0 Å². The van der Waals surface area contributed by atoms with Gasteiger partial charge in [0.05, 0.1) is 0 Å². The smallest absolute Gasteiger partial charge is 0.193 e. The van der Waals surface area contributed by atoms with Crippen LogP contribution < -0.4 is 5.32 Å². The van der Waals surface area contributed by atoms with E-state index in [0.717, 1.165) is 38.4 Å². The zero-order valence-corrected chi connectivity index (χ0v) is 17.0. The van der Waals surface area contributed by atoms with Crippen LogP contribution in [0.1, 0.15) is 24.0 Å². The number of aryl methyl sites for hydroxylation is 2. The molecule has 0 atom stereocenters. The molecule has 0 unspecified atom stereocenters. The molecule has 0 radical (unpaired) electrons. The number of unbranched alkanes of at least 4 members (excludes halogenated alkanes) is 1. The minimum atomic E-state index is 0. The number of hydrogen-bond donors (Lipinski definition) is 1. The Morgan fingerprint density at radius 2 is 1.92 bits per heavy atom. The Bertz CT molecular complexity index is 611. The Hall–Kier alpha value is -1.64. The van der Waals surface area contributed by atoms with E-state index < -0.39 is 0 Å². The molecule has 1 N–H and O–H groups in total. The summed E-state index contributed by atoms with van der Waals surface area (Å²) in [5, 5.41) is 11.0. The van der Waals surface area contributed by atoms with Crippen molar-refractivity contribution in [3.05, 3.63) is 48.0 Å². The topological polar surface area (TPSA) is 58.3 Å². The molecule has 0 saturated carbocycles. The molecule has 0 spiro atoms. The van der Waals surface area contributed by atoms with E-state index in [0.29, 0.717) is 0 Å². The molecule has 0 bridgehead atoms. The highest BCUT2D eigenvalue weighted by Gasteiger charge is 2.07. The summed E-state index contributed by atoms with van der Waals surface area (Å²) >= 11 is 0. The SMILES string of the molecule is CN=C(NCCCCn1cnnc1)N(C)Cc1ccccc1C.I. The highest BCUT2D eigenvalue weighted by atomic mass is 127. The first kappa shape index (κ1) is 20.4. The van der Waals surface area contributed by atoms with Gasteiger partial charge in [-0.25, -0.2) is 0 Å². The number of rotatable bonds is 7. The number of halogens is 1. The second-order valence-electron chi connectivity index (χ2n) is 5.66. The van der Waals surface area contributed by atoms with E-state index in [1.165, 1.54) is 11.1 Å². The number of guanidine groups is 1. The molecular weight excluding hydrogens is 415 g/mol. The van der Waals surface area contributed by atoms with Gasteiger partial charge in [0.15, 0.2) is 5.96 Å². The van der Waals surface area contributed by atoms with Crippen LogP contribution in [0.5, 0.6) is 0 Å². The normalized spacial score (nSPS) is 11.0. The Morgan fingerprint density at radius 3 is 2.58 bits per heavy atom. The number of nitrogens with zero attached hydrogens (tertiary/aromatic N) is 5. The van der Waals surface area contributed by atoms with E-state index >= 15 is 0 Å². The molecule has 0 amide bonds. The van der Waals surface area contributed by atoms with Crippen LogP contribution in [0.15, 0.2) is 41.9 Å². The molecule has 2 aromatic rings. The first-order valence-electron chi connectivity index (χ1n) is 7.99. The summed E-state index contributed by atoms with van der Waals surface area (Å²) in [5.74, 6) is 0.928. The summed E-state index contributed by atoms with van der Waals surface area (Å²) in [6.07, 6.45) is 5.67. The number of hydrogen-bond acceptors (Lipinski definition) is 3. The maximum absolute atomic E-state index is 4.37. The van der Waals surface area contributed by atoms with Crippen LogP contribution in [0.4, 0.5) is 0 Å². The highest BCUT2D eigenvalue weighted by molar-refractivity contribution is 14.0. The molecule has 1 heterocycles. The van der Waals surface area contributed by atoms with Gasteiger partial charge < -0.3 is 14.8 Å². The van der Waals surface area contributed by atoms with E-state index in [4.69, 9.17) is 0 Å². The molecule has 132 valence electrons. The van der Waals surface area contributed by atoms with E-state index in [2.05, 4.69) is 63.6 Å². The van der Waals surface area contributed by atoms with E-state index in [1.54, 1.807) is 12.7 Å². The standard InChI is InChI=1S/C17H26N6.HI/c1-15-8-4-5-9-16(15)12-22(3)17(18-2)19-10-6-7-11-23-13-20-21-14-23;/h4-5,8-9,13-14H,6-7,10-12H2,1-3H3,(H,18,19);1H. The molecule has 0 aliphatic heterocycles. The predicted octanol–water partition coefficient (Wildman–Crippen LogP) is 2.69. The number of benzene rings is 1. The van der Waals surface area contributed by atoms with Crippen LogP contribution in [-0.4, -0.2) is 46.3 Å². The average molecular weight is 442 g/mol. The Balaban J connectivity index is 0.00000288. The first-order valence-corrected chi connectivity index (χ1v) is 7.99. The summed E-state index contributed by atoms with van der Waals surface area (Å²) in [6, 6.07) is 8.46. The predicted molar refractivity (Wildman–Crippen MR) is 109 cm³/mol. The molecule has 7 heteroatoms. The van der Waals surface area contributed by atoms with Crippen molar-refractivity contribution in [2.24, 2.45) is 4.99 Å². The molecule has 6 nitrogen and oxygen atoms in total. The molecule has 2 rings (SSSR count). The lowest BCUT2D eigenvalue weighted by Crippen LogP contribution is -2.39. The second kappa shape index (κ2) is 11.0. The monoisotopic (exact) mass is 442 g/mol. The zero-order valence-electron chi connectivity index (χ0n) is 14.6. The number of aliphatic imine (C=N–C) groups is 1. The van der Waals surface area contributed by atoms with Crippen LogP contribution in [-0.2, 0) is 13.1 Å². The summed E-state index contributed by atoms with van der Waals surface area (Å²) in [6.45, 7) is 4.86. The average Bonchev–Trinajstić information content (AvgIpc) is 3.06. The van der Waals surface area contributed by atoms with Crippen LogP contribution in [0.25, 0.3) is 0 Å². The minimum Gasteiger partial charge on any atom is -0.356 e. The van der Waals surface area contributed by atoms with Crippen molar-refractivity contribution in [2.45, 2.75) is 32.9 Å². The van der Waals surface area contributed by atoms with E-state index in [-0.39, 0.29) is 24.0 Å². The maximum Gasteiger partial charge on any atom is 0.193 e. The van der Waals surface area contributed by atoms with Crippen molar-refractivity contribution in [1.29, 1.82) is 0 Å². The second-order valence-corrected chi connectivity index (χ2v) is 5.66. The summed E-state index contributed by atoms with van der Waals surface area (Å²) in [4.78, 5) is 6.52. The third kappa shape index (κ3) is 6.46. The van der Waals surface area contributed by atoms with Gasteiger partial charge in [-0.3, -0.25) is 4.99 Å². The Labute approximate surface area is 161 Å². The van der Waals surface area contributed by atoms with Gasteiger partial charge >= 0.3 is 0 Å². The van der Waals surface area contributed by atoms with Crippen LogP contribution >= 0.6 is 24.0 Å².